The molecule has 3 unspecified atom stereocenters. The first-order valence-corrected chi connectivity index (χ1v) is 9.28. The van der Waals surface area contributed by atoms with Crippen LogP contribution in [0.1, 0.15) is 25.3 Å². The molecule has 3 atom stereocenters. The van der Waals surface area contributed by atoms with E-state index in [-0.39, 0.29) is 23.9 Å². The van der Waals surface area contributed by atoms with Crippen molar-refractivity contribution in [3.05, 3.63) is 52.7 Å². The lowest BCUT2D eigenvalue weighted by Crippen LogP contribution is -2.52. The number of ether oxygens (including phenoxy) is 1. The molecule has 0 radical (unpaired) electrons. The minimum Gasteiger partial charge on any atom is -0.462 e. The average molecular weight is 350 g/mol. The maximum absolute atomic E-state index is 12.1. The first kappa shape index (κ1) is 15.8. The number of piperidine rings is 1. The second-order valence-electron chi connectivity index (χ2n) is 7.70. The van der Waals surface area contributed by atoms with Gasteiger partial charge in [0.25, 0.3) is 0 Å². The SMILES string of the molecule is CC(=O)OCC=C1CN2CCC34C(=C(C=O)C1CC23)Nc1ccccc14. The molecule has 1 aromatic rings. The fourth-order valence-electron chi connectivity index (χ4n) is 5.63. The summed E-state index contributed by atoms with van der Waals surface area (Å²) in [6.07, 6.45) is 5.04. The minimum atomic E-state index is -0.277. The molecule has 1 aromatic carbocycles. The van der Waals surface area contributed by atoms with Crippen molar-refractivity contribution >= 4 is 17.9 Å². The zero-order valence-corrected chi connectivity index (χ0v) is 14.8. The lowest BCUT2D eigenvalue weighted by molar-refractivity contribution is -0.139. The molecule has 0 saturated carbocycles. The number of carbonyl (C=O) groups excluding carboxylic acids is 2. The van der Waals surface area contributed by atoms with E-state index >= 15 is 0 Å². The van der Waals surface area contributed by atoms with Crippen LogP contribution in [0.4, 0.5) is 5.69 Å². The third-order valence-corrected chi connectivity index (χ3v) is 6.63. The third kappa shape index (κ3) is 1.95. The maximum Gasteiger partial charge on any atom is 0.302 e. The van der Waals surface area contributed by atoms with Crippen LogP contribution in [-0.4, -0.2) is 42.9 Å². The van der Waals surface area contributed by atoms with Gasteiger partial charge in [-0.05, 0) is 36.1 Å². The molecule has 5 nitrogen and oxygen atoms in total. The van der Waals surface area contributed by atoms with Gasteiger partial charge in [-0.15, -0.1) is 0 Å². The molecule has 0 amide bonds. The smallest absolute Gasteiger partial charge is 0.302 e. The third-order valence-electron chi connectivity index (χ3n) is 6.63. The molecule has 4 aliphatic rings. The Labute approximate surface area is 152 Å². The molecule has 2 fully saturated rings. The summed E-state index contributed by atoms with van der Waals surface area (Å²) in [5.74, 6) is -0.159. The van der Waals surface area contributed by atoms with Crippen LogP contribution >= 0.6 is 0 Å². The summed E-state index contributed by atoms with van der Waals surface area (Å²) in [7, 11) is 0. The molecule has 1 aliphatic carbocycles. The lowest BCUT2D eigenvalue weighted by atomic mass is 9.62. The van der Waals surface area contributed by atoms with Crippen molar-refractivity contribution in [2.45, 2.75) is 31.2 Å². The van der Waals surface area contributed by atoms with Gasteiger partial charge in [-0.2, -0.15) is 0 Å². The van der Waals surface area contributed by atoms with Gasteiger partial charge >= 0.3 is 5.97 Å². The second-order valence-corrected chi connectivity index (χ2v) is 7.70. The van der Waals surface area contributed by atoms with Crippen molar-refractivity contribution in [3.63, 3.8) is 0 Å². The van der Waals surface area contributed by atoms with E-state index in [1.54, 1.807) is 0 Å². The molecule has 1 N–H and O–H groups in total. The van der Waals surface area contributed by atoms with Crippen molar-refractivity contribution < 1.29 is 14.3 Å². The van der Waals surface area contributed by atoms with E-state index in [0.29, 0.717) is 6.04 Å². The highest BCUT2D eigenvalue weighted by molar-refractivity contribution is 5.84. The molecule has 0 aromatic heterocycles. The van der Waals surface area contributed by atoms with Gasteiger partial charge in [0.1, 0.15) is 12.9 Å². The van der Waals surface area contributed by atoms with Crippen molar-refractivity contribution in [2.24, 2.45) is 5.92 Å². The Morgan fingerprint density at radius 2 is 2.27 bits per heavy atom. The fraction of sp³-hybridized carbons (Fsp3) is 0.429. The predicted octanol–water partition coefficient (Wildman–Crippen LogP) is 2.40. The highest BCUT2D eigenvalue weighted by Gasteiger charge is 2.60. The summed E-state index contributed by atoms with van der Waals surface area (Å²) in [5.41, 5.74) is 5.60. The number of nitrogens with zero attached hydrogens (tertiary/aromatic N) is 1. The number of aldehydes is 1. The van der Waals surface area contributed by atoms with Crippen molar-refractivity contribution in [3.8, 4) is 0 Å². The van der Waals surface area contributed by atoms with Crippen LogP contribution in [0.15, 0.2) is 47.2 Å². The lowest BCUT2D eigenvalue weighted by Gasteiger charge is -2.48. The van der Waals surface area contributed by atoms with E-state index < -0.39 is 0 Å². The highest BCUT2D eigenvalue weighted by Crippen LogP contribution is 2.60. The van der Waals surface area contributed by atoms with Gasteiger partial charge in [-0.3, -0.25) is 14.5 Å². The number of esters is 1. The van der Waals surface area contributed by atoms with Crippen LogP contribution in [0.3, 0.4) is 0 Å². The number of para-hydroxylation sites is 1. The quantitative estimate of drug-likeness (QED) is 0.515. The monoisotopic (exact) mass is 350 g/mol. The van der Waals surface area contributed by atoms with E-state index in [0.717, 1.165) is 49.2 Å². The summed E-state index contributed by atoms with van der Waals surface area (Å²) in [5, 5.41) is 3.59. The van der Waals surface area contributed by atoms with Crippen LogP contribution in [0.25, 0.3) is 0 Å². The summed E-state index contributed by atoms with van der Waals surface area (Å²) in [4.78, 5) is 25.8. The van der Waals surface area contributed by atoms with Crippen LogP contribution in [0, 0.1) is 5.92 Å². The Balaban J connectivity index is 1.63. The van der Waals surface area contributed by atoms with Crippen LogP contribution in [0.5, 0.6) is 0 Å². The number of anilines is 1. The minimum absolute atomic E-state index is 0.0647. The number of carbonyl (C=O) groups is 2. The van der Waals surface area contributed by atoms with Gasteiger partial charge in [0, 0.05) is 48.9 Å². The van der Waals surface area contributed by atoms with Crippen molar-refractivity contribution in [1.29, 1.82) is 0 Å². The normalized spacial score (nSPS) is 32.9. The highest BCUT2D eigenvalue weighted by atomic mass is 16.5. The summed E-state index contributed by atoms with van der Waals surface area (Å²) >= 11 is 0. The van der Waals surface area contributed by atoms with Crippen molar-refractivity contribution in [1.82, 2.24) is 4.90 Å². The molecular formula is C21H22N2O3. The number of hydrogen-bond acceptors (Lipinski definition) is 5. The zero-order valence-electron chi connectivity index (χ0n) is 14.8. The van der Waals surface area contributed by atoms with Gasteiger partial charge in [0.15, 0.2) is 0 Å². The zero-order chi connectivity index (χ0) is 17.9. The molecular weight excluding hydrogens is 328 g/mol. The Bertz CT molecular complexity index is 872. The Kier molecular flexibility index (Phi) is 3.38. The van der Waals surface area contributed by atoms with E-state index in [1.165, 1.54) is 18.1 Å². The predicted molar refractivity (Wildman–Crippen MR) is 97.6 cm³/mol. The first-order chi connectivity index (χ1) is 12.6. The molecule has 3 aliphatic heterocycles. The van der Waals surface area contributed by atoms with Crippen LogP contribution < -0.4 is 5.32 Å². The number of benzene rings is 1. The summed E-state index contributed by atoms with van der Waals surface area (Å²) in [6, 6.07) is 8.90. The molecule has 2 bridgehead atoms. The van der Waals surface area contributed by atoms with Gasteiger partial charge in [0.2, 0.25) is 0 Å². The Hall–Kier alpha value is -2.40. The molecule has 1 spiro atoms. The Morgan fingerprint density at radius 3 is 3.08 bits per heavy atom. The van der Waals surface area contributed by atoms with Crippen LogP contribution in [0.2, 0.25) is 0 Å². The molecule has 5 rings (SSSR count). The number of nitrogens with one attached hydrogen (secondary N) is 1. The van der Waals surface area contributed by atoms with Crippen LogP contribution in [-0.2, 0) is 19.7 Å². The largest absolute Gasteiger partial charge is 0.462 e. The van der Waals surface area contributed by atoms with Crippen molar-refractivity contribution in [2.75, 3.05) is 25.0 Å². The first-order valence-electron chi connectivity index (χ1n) is 9.28. The molecule has 134 valence electrons. The molecule has 2 saturated heterocycles. The average Bonchev–Trinajstić information content (AvgIpc) is 3.18. The topological polar surface area (TPSA) is 58.6 Å². The molecule has 5 heteroatoms. The second kappa shape index (κ2) is 5.55. The van der Waals surface area contributed by atoms with E-state index in [2.05, 4.69) is 28.4 Å². The van der Waals surface area contributed by atoms with Gasteiger partial charge < -0.3 is 10.1 Å². The van der Waals surface area contributed by atoms with E-state index in [9.17, 15) is 9.59 Å². The van der Waals surface area contributed by atoms with E-state index in [1.807, 2.05) is 12.1 Å². The Morgan fingerprint density at radius 1 is 1.42 bits per heavy atom. The molecule has 26 heavy (non-hydrogen) atoms. The maximum atomic E-state index is 12.1. The number of allylic oxidation sites excluding steroid dienone is 1. The number of hydrogen-bond donors (Lipinski definition) is 1. The molecule has 3 heterocycles. The van der Waals surface area contributed by atoms with Gasteiger partial charge in [-0.1, -0.05) is 18.2 Å². The number of fused-ring (bicyclic) bond motifs is 2. The summed E-state index contributed by atoms with van der Waals surface area (Å²) in [6.45, 7) is 3.57. The summed E-state index contributed by atoms with van der Waals surface area (Å²) < 4.78 is 5.11. The van der Waals surface area contributed by atoms with Gasteiger partial charge in [-0.25, -0.2) is 0 Å². The standard InChI is InChI=1S/C21H22N2O3/c1-13(25)26-9-6-14-11-23-8-7-21-17-4-2-3-5-18(17)22-20(21)16(12-24)15(14)10-19(21)23/h2-6,12,15,19,22H,7-11H2,1H3. The van der Waals surface area contributed by atoms with E-state index in [4.69, 9.17) is 4.74 Å². The fourth-order valence-corrected chi connectivity index (χ4v) is 5.63. The van der Waals surface area contributed by atoms with Gasteiger partial charge in [0.05, 0.1) is 5.41 Å². The number of rotatable bonds is 3.